The first kappa shape index (κ1) is 19.1. The monoisotopic (exact) mass is 394 g/mol. The number of ether oxygens (including phenoxy) is 1. The molecule has 0 atom stereocenters. The predicted molar refractivity (Wildman–Crippen MR) is 97.9 cm³/mol. The minimum Gasteiger partial charge on any atom is -0.484 e. The van der Waals surface area contributed by atoms with E-state index >= 15 is 0 Å². The van der Waals surface area contributed by atoms with Crippen LogP contribution in [0.1, 0.15) is 11.1 Å². The summed E-state index contributed by atoms with van der Waals surface area (Å²) in [6, 6.07) is 14.2. The van der Waals surface area contributed by atoms with Crippen LogP contribution in [0.4, 0.5) is 13.2 Å². The minimum absolute atomic E-state index is 0.171. The predicted octanol–water partition coefficient (Wildman–Crippen LogP) is 4.20. The Morgan fingerprint density at radius 1 is 1.04 bits per heavy atom. The third-order valence-corrected chi connectivity index (χ3v) is 4.68. The van der Waals surface area contributed by atoms with Gasteiger partial charge in [-0.05, 0) is 24.6 Å². The van der Waals surface area contributed by atoms with Crippen molar-refractivity contribution in [2.75, 3.05) is 12.4 Å². The Morgan fingerprint density at radius 2 is 1.70 bits per heavy atom. The molecule has 2 N–H and O–H groups in total. The van der Waals surface area contributed by atoms with Gasteiger partial charge in [0.2, 0.25) is 5.16 Å². The first-order valence-electron chi connectivity index (χ1n) is 8.01. The number of nitrogen functional groups attached to an aromatic ring is 1. The average Bonchev–Trinajstić information content (AvgIpc) is 3.00. The number of halogens is 3. The van der Waals surface area contributed by atoms with Crippen LogP contribution in [0.2, 0.25) is 0 Å². The highest BCUT2D eigenvalue weighted by Crippen LogP contribution is 2.26. The van der Waals surface area contributed by atoms with Crippen molar-refractivity contribution in [2.45, 2.75) is 24.0 Å². The van der Waals surface area contributed by atoms with E-state index in [-0.39, 0.29) is 5.75 Å². The van der Waals surface area contributed by atoms with Crippen molar-refractivity contribution in [1.82, 2.24) is 14.9 Å². The molecule has 0 spiro atoms. The van der Waals surface area contributed by atoms with Gasteiger partial charge in [0.1, 0.15) is 5.75 Å². The molecule has 0 aliphatic carbocycles. The van der Waals surface area contributed by atoms with E-state index in [2.05, 4.69) is 14.9 Å². The van der Waals surface area contributed by atoms with E-state index in [4.69, 9.17) is 5.84 Å². The Kier molecular flexibility index (Phi) is 5.59. The molecule has 5 nitrogen and oxygen atoms in total. The summed E-state index contributed by atoms with van der Waals surface area (Å²) >= 11 is 1.39. The molecule has 0 unspecified atom stereocenters. The lowest BCUT2D eigenvalue weighted by atomic mass is 10.1. The maximum absolute atomic E-state index is 12.2. The van der Waals surface area contributed by atoms with Gasteiger partial charge in [0.05, 0.1) is 0 Å². The van der Waals surface area contributed by atoms with Crippen molar-refractivity contribution in [2.24, 2.45) is 0 Å². The molecule has 3 rings (SSSR count). The number of benzene rings is 2. The largest absolute Gasteiger partial charge is 0.484 e. The number of hydrogen-bond acceptors (Lipinski definition) is 5. The van der Waals surface area contributed by atoms with Crippen molar-refractivity contribution >= 4 is 11.8 Å². The summed E-state index contributed by atoms with van der Waals surface area (Å²) in [5.74, 6) is 7.37. The Bertz CT molecular complexity index is 892. The Balaban J connectivity index is 1.61. The van der Waals surface area contributed by atoms with Crippen molar-refractivity contribution in [3.8, 4) is 17.1 Å². The van der Waals surface area contributed by atoms with Gasteiger partial charge in [-0.25, -0.2) is 4.68 Å². The first-order chi connectivity index (χ1) is 12.8. The topological polar surface area (TPSA) is 66.0 Å². The summed E-state index contributed by atoms with van der Waals surface area (Å²) in [6.07, 6.45) is -4.35. The van der Waals surface area contributed by atoms with Crippen molar-refractivity contribution in [3.05, 3.63) is 59.7 Å². The smallest absolute Gasteiger partial charge is 0.422 e. The number of aryl methyl sites for hydroxylation is 1. The quantitative estimate of drug-likeness (QED) is 0.501. The second kappa shape index (κ2) is 7.91. The van der Waals surface area contributed by atoms with Gasteiger partial charge in [-0.1, -0.05) is 53.7 Å². The van der Waals surface area contributed by atoms with E-state index in [0.29, 0.717) is 16.7 Å². The van der Waals surface area contributed by atoms with Gasteiger partial charge in [0, 0.05) is 11.3 Å². The van der Waals surface area contributed by atoms with E-state index in [1.807, 2.05) is 31.2 Å². The van der Waals surface area contributed by atoms with Crippen LogP contribution in [0, 0.1) is 6.92 Å². The number of alkyl halides is 3. The van der Waals surface area contributed by atoms with Crippen LogP contribution in [0.5, 0.6) is 5.75 Å². The van der Waals surface area contributed by atoms with E-state index in [1.54, 1.807) is 12.1 Å². The molecule has 9 heteroatoms. The Morgan fingerprint density at radius 3 is 2.33 bits per heavy atom. The average molecular weight is 394 g/mol. The lowest BCUT2D eigenvalue weighted by Gasteiger charge is -2.09. The summed E-state index contributed by atoms with van der Waals surface area (Å²) in [5.41, 5.74) is 2.91. The van der Waals surface area contributed by atoms with Gasteiger partial charge >= 0.3 is 6.18 Å². The second-order valence-electron chi connectivity index (χ2n) is 5.88. The highest BCUT2D eigenvalue weighted by atomic mass is 32.2. The number of hydrogen-bond donors (Lipinski definition) is 1. The number of nitrogens with zero attached hydrogens (tertiary/aromatic N) is 3. The third-order valence-electron chi connectivity index (χ3n) is 3.67. The fraction of sp³-hybridized carbons (Fsp3) is 0.222. The SMILES string of the molecule is Cc1ccc(-c2nnc(SCc3ccc(OCC(F)(F)F)cc3)n2N)cc1. The fourth-order valence-corrected chi connectivity index (χ4v) is 3.08. The normalized spacial score (nSPS) is 11.6. The van der Waals surface area contributed by atoms with Crippen LogP contribution < -0.4 is 10.6 Å². The first-order valence-corrected chi connectivity index (χ1v) is 8.99. The van der Waals surface area contributed by atoms with Crippen LogP contribution in [0.25, 0.3) is 11.4 Å². The molecule has 0 bridgehead atoms. The number of rotatable bonds is 6. The molecule has 27 heavy (non-hydrogen) atoms. The van der Waals surface area contributed by atoms with Crippen LogP contribution in [-0.4, -0.2) is 27.7 Å². The molecule has 0 amide bonds. The van der Waals surface area contributed by atoms with E-state index in [1.165, 1.54) is 28.6 Å². The molecule has 3 aromatic rings. The molecular weight excluding hydrogens is 377 g/mol. The third kappa shape index (κ3) is 5.16. The second-order valence-corrected chi connectivity index (χ2v) is 6.82. The number of thioether (sulfide) groups is 1. The van der Waals surface area contributed by atoms with E-state index in [0.717, 1.165) is 16.7 Å². The zero-order chi connectivity index (χ0) is 19.4. The maximum atomic E-state index is 12.2. The minimum atomic E-state index is -4.35. The molecule has 0 radical (unpaired) electrons. The van der Waals surface area contributed by atoms with Crippen molar-refractivity contribution < 1.29 is 17.9 Å². The Hall–Kier alpha value is -2.68. The molecule has 0 saturated carbocycles. The molecule has 1 aromatic heterocycles. The van der Waals surface area contributed by atoms with Gasteiger partial charge in [-0.2, -0.15) is 13.2 Å². The van der Waals surface area contributed by atoms with Crippen molar-refractivity contribution in [1.29, 1.82) is 0 Å². The molecule has 0 aliphatic heterocycles. The summed E-state index contributed by atoms with van der Waals surface area (Å²) in [6.45, 7) is 0.691. The van der Waals surface area contributed by atoms with Gasteiger partial charge in [-0.3, -0.25) is 0 Å². The van der Waals surface area contributed by atoms with Gasteiger partial charge < -0.3 is 10.6 Å². The Labute approximate surface area is 158 Å². The van der Waals surface area contributed by atoms with E-state index < -0.39 is 12.8 Å². The van der Waals surface area contributed by atoms with Crippen LogP contribution >= 0.6 is 11.8 Å². The maximum Gasteiger partial charge on any atom is 0.422 e. The van der Waals surface area contributed by atoms with Crippen LogP contribution in [-0.2, 0) is 5.75 Å². The summed E-state index contributed by atoms with van der Waals surface area (Å²) in [7, 11) is 0. The molecule has 0 fully saturated rings. The van der Waals surface area contributed by atoms with Gasteiger partial charge in [0.25, 0.3) is 0 Å². The molecular formula is C18H17F3N4OS. The zero-order valence-electron chi connectivity index (χ0n) is 14.4. The van der Waals surface area contributed by atoms with Crippen molar-refractivity contribution in [3.63, 3.8) is 0 Å². The zero-order valence-corrected chi connectivity index (χ0v) is 15.2. The highest BCUT2D eigenvalue weighted by Gasteiger charge is 2.28. The molecule has 142 valence electrons. The number of aromatic nitrogens is 3. The van der Waals surface area contributed by atoms with Gasteiger partial charge in [0.15, 0.2) is 12.4 Å². The van der Waals surface area contributed by atoms with Gasteiger partial charge in [-0.15, -0.1) is 10.2 Å². The number of nitrogens with two attached hydrogens (primary N) is 1. The molecule has 0 saturated heterocycles. The van der Waals surface area contributed by atoms with Crippen LogP contribution in [0.3, 0.4) is 0 Å². The van der Waals surface area contributed by atoms with E-state index in [9.17, 15) is 13.2 Å². The molecule has 2 aromatic carbocycles. The summed E-state index contributed by atoms with van der Waals surface area (Å²) < 4.78 is 42.6. The lowest BCUT2D eigenvalue weighted by molar-refractivity contribution is -0.153. The highest BCUT2D eigenvalue weighted by molar-refractivity contribution is 7.98. The summed E-state index contributed by atoms with van der Waals surface area (Å²) in [5, 5.41) is 8.78. The lowest BCUT2D eigenvalue weighted by Crippen LogP contribution is -2.19. The standard InChI is InChI=1S/C18H17F3N4OS/c1-12-2-6-14(7-3-12)16-23-24-17(25(16)22)27-10-13-4-8-15(9-5-13)26-11-18(19,20)21/h2-9H,10-11,22H2,1H3. The fourth-order valence-electron chi connectivity index (χ4n) is 2.27. The van der Waals surface area contributed by atoms with Crippen LogP contribution in [0.15, 0.2) is 53.7 Å². The summed E-state index contributed by atoms with van der Waals surface area (Å²) in [4.78, 5) is 0. The molecule has 1 heterocycles. The molecule has 0 aliphatic rings.